The van der Waals surface area contributed by atoms with Gasteiger partial charge in [-0.15, -0.1) is 0 Å². The van der Waals surface area contributed by atoms with Crippen molar-refractivity contribution in [3.05, 3.63) is 46.8 Å². The van der Waals surface area contributed by atoms with E-state index in [1.54, 1.807) is 31.4 Å². The highest BCUT2D eigenvalue weighted by atomic mass is 16.5. The fourth-order valence-electron chi connectivity index (χ4n) is 3.55. The van der Waals surface area contributed by atoms with Crippen LogP contribution in [0.2, 0.25) is 0 Å². The molecule has 2 aromatic rings. The first-order valence-electron chi connectivity index (χ1n) is 10.9. The maximum Gasteiger partial charge on any atom is 0.253 e. The van der Waals surface area contributed by atoms with Crippen LogP contribution in [0, 0.1) is 13.8 Å². The van der Waals surface area contributed by atoms with Crippen LogP contribution in [0.4, 0.5) is 0 Å². The van der Waals surface area contributed by atoms with Crippen molar-refractivity contribution in [1.82, 2.24) is 20.3 Å². The highest BCUT2D eigenvalue weighted by molar-refractivity contribution is 5.94. The molecule has 1 saturated heterocycles. The van der Waals surface area contributed by atoms with Gasteiger partial charge in [-0.3, -0.25) is 14.5 Å². The zero-order valence-corrected chi connectivity index (χ0v) is 19.1. The summed E-state index contributed by atoms with van der Waals surface area (Å²) in [5.74, 6) is 1.43. The highest BCUT2D eigenvalue weighted by Gasteiger charge is 2.23. The third-order valence-corrected chi connectivity index (χ3v) is 5.54. The quantitative estimate of drug-likeness (QED) is 0.558. The molecule has 1 aliphatic heterocycles. The first-order chi connectivity index (χ1) is 15.5. The van der Waals surface area contributed by atoms with Crippen molar-refractivity contribution < 1.29 is 23.6 Å². The number of carbonyl (C=O) groups excluding carboxylic acids is 2. The minimum atomic E-state index is -0.00839. The van der Waals surface area contributed by atoms with Gasteiger partial charge < -0.3 is 24.2 Å². The summed E-state index contributed by atoms with van der Waals surface area (Å²) in [6, 6.07) is 7.17. The van der Waals surface area contributed by atoms with E-state index in [-0.39, 0.29) is 11.8 Å². The van der Waals surface area contributed by atoms with Crippen LogP contribution >= 0.6 is 0 Å². The van der Waals surface area contributed by atoms with Gasteiger partial charge in [-0.25, -0.2) is 0 Å². The Bertz CT molecular complexity index is 869. The molecular weight excluding hydrogens is 412 g/mol. The Morgan fingerprint density at radius 1 is 1.12 bits per heavy atom. The predicted molar refractivity (Wildman–Crippen MR) is 119 cm³/mol. The standard InChI is InChI=1S/C23H32N4O5/c1-17-21(18(2)32-25-17)16-31-20-7-5-19(6-8-20)23(29)27-12-10-26(11-13-27)15-22(28)24-9-4-14-30-3/h5-8H,4,9-16H2,1-3H3,(H,24,28). The van der Waals surface area contributed by atoms with Crippen LogP contribution in [0.5, 0.6) is 5.75 Å². The van der Waals surface area contributed by atoms with Gasteiger partial charge in [0.2, 0.25) is 5.91 Å². The maximum absolute atomic E-state index is 12.8. The van der Waals surface area contributed by atoms with Crippen molar-refractivity contribution in [3.63, 3.8) is 0 Å². The molecule has 3 rings (SSSR count). The molecule has 0 spiro atoms. The normalized spacial score (nSPS) is 14.4. The largest absolute Gasteiger partial charge is 0.489 e. The molecule has 0 aliphatic carbocycles. The van der Waals surface area contributed by atoms with Gasteiger partial charge in [-0.05, 0) is 44.5 Å². The highest BCUT2D eigenvalue weighted by Crippen LogP contribution is 2.19. The van der Waals surface area contributed by atoms with E-state index >= 15 is 0 Å². The van der Waals surface area contributed by atoms with Gasteiger partial charge in [-0.2, -0.15) is 0 Å². The van der Waals surface area contributed by atoms with Crippen LogP contribution in [0.3, 0.4) is 0 Å². The van der Waals surface area contributed by atoms with E-state index in [1.807, 2.05) is 18.7 Å². The zero-order valence-electron chi connectivity index (χ0n) is 19.1. The number of aromatic nitrogens is 1. The Balaban J connectivity index is 1.42. The molecule has 0 unspecified atom stereocenters. The fourth-order valence-corrected chi connectivity index (χ4v) is 3.55. The molecule has 1 N–H and O–H groups in total. The van der Waals surface area contributed by atoms with Gasteiger partial charge in [0.05, 0.1) is 17.8 Å². The lowest BCUT2D eigenvalue weighted by atomic mass is 10.1. The number of rotatable bonds is 10. The van der Waals surface area contributed by atoms with Crippen molar-refractivity contribution in [3.8, 4) is 5.75 Å². The van der Waals surface area contributed by atoms with Gasteiger partial charge in [0.25, 0.3) is 5.91 Å². The maximum atomic E-state index is 12.8. The summed E-state index contributed by atoms with van der Waals surface area (Å²) in [5.41, 5.74) is 2.38. The molecule has 1 aromatic carbocycles. The number of benzene rings is 1. The lowest BCUT2D eigenvalue weighted by Gasteiger charge is -2.34. The van der Waals surface area contributed by atoms with E-state index in [1.165, 1.54) is 0 Å². The van der Waals surface area contributed by atoms with Crippen LogP contribution in [0.25, 0.3) is 0 Å². The van der Waals surface area contributed by atoms with Crippen LogP contribution in [0.15, 0.2) is 28.8 Å². The van der Waals surface area contributed by atoms with Crippen LogP contribution in [0.1, 0.15) is 33.8 Å². The van der Waals surface area contributed by atoms with Crippen molar-refractivity contribution >= 4 is 11.8 Å². The molecule has 0 atom stereocenters. The number of amides is 2. The van der Waals surface area contributed by atoms with Crippen molar-refractivity contribution in [2.24, 2.45) is 0 Å². The van der Waals surface area contributed by atoms with Crippen molar-refractivity contribution in [2.75, 3.05) is 53.0 Å². The van der Waals surface area contributed by atoms with Gasteiger partial charge in [0.15, 0.2) is 0 Å². The second-order valence-corrected chi connectivity index (χ2v) is 7.88. The Morgan fingerprint density at radius 3 is 2.47 bits per heavy atom. The molecule has 1 fully saturated rings. The number of piperazine rings is 1. The minimum absolute atomic E-state index is 0.00746. The summed E-state index contributed by atoms with van der Waals surface area (Å²) >= 11 is 0. The molecule has 1 aliphatic rings. The minimum Gasteiger partial charge on any atom is -0.489 e. The van der Waals surface area contributed by atoms with Crippen LogP contribution in [-0.4, -0.2) is 79.8 Å². The Labute approximate surface area is 188 Å². The van der Waals surface area contributed by atoms with Gasteiger partial charge >= 0.3 is 0 Å². The monoisotopic (exact) mass is 444 g/mol. The molecule has 1 aromatic heterocycles. The molecule has 0 saturated carbocycles. The zero-order chi connectivity index (χ0) is 22.9. The summed E-state index contributed by atoms with van der Waals surface area (Å²) in [5, 5.41) is 6.82. The summed E-state index contributed by atoms with van der Waals surface area (Å²) in [4.78, 5) is 28.7. The summed E-state index contributed by atoms with van der Waals surface area (Å²) in [7, 11) is 1.65. The fraction of sp³-hybridized carbons (Fsp3) is 0.522. The molecule has 32 heavy (non-hydrogen) atoms. The van der Waals surface area contributed by atoms with E-state index in [9.17, 15) is 9.59 Å². The molecule has 174 valence electrons. The van der Waals surface area contributed by atoms with Crippen LogP contribution < -0.4 is 10.1 Å². The second-order valence-electron chi connectivity index (χ2n) is 7.88. The second kappa shape index (κ2) is 11.6. The lowest BCUT2D eigenvalue weighted by Crippen LogP contribution is -2.51. The van der Waals surface area contributed by atoms with Crippen LogP contribution in [-0.2, 0) is 16.1 Å². The Hall–Kier alpha value is -2.91. The average Bonchev–Trinajstić information content (AvgIpc) is 3.13. The average molecular weight is 445 g/mol. The van der Waals surface area contributed by atoms with Gasteiger partial charge in [0, 0.05) is 52.0 Å². The number of carbonyl (C=O) groups is 2. The van der Waals surface area contributed by atoms with E-state index in [0.717, 1.165) is 23.4 Å². The molecule has 2 heterocycles. The van der Waals surface area contributed by atoms with Crippen molar-refractivity contribution in [2.45, 2.75) is 26.9 Å². The number of ether oxygens (including phenoxy) is 2. The molecule has 0 bridgehead atoms. The van der Waals surface area contributed by atoms with E-state index in [0.29, 0.717) is 63.8 Å². The third kappa shape index (κ3) is 6.54. The van der Waals surface area contributed by atoms with E-state index in [2.05, 4.69) is 15.4 Å². The van der Waals surface area contributed by atoms with Gasteiger partial charge in [0.1, 0.15) is 18.1 Å². The summed E-state index contributed by atoms with van der Waals surface area (Å²) in [6.07, 6.45) is 0.800. The molecule has 9 nitrogen and oxygen atoms in total. The number of hydrogen-bond donors (Lipinski definition) is 1. The third-order valence-electron chi connectivity index (χ3n) is 5.54. The topological polar surface area (TPSA) is 97.1 Å². The van der Waals surface area contributed by atoms with Crippen molar-refractivity contribution in [1.29, 1.82) is 0 Å². The SMILES string of the molecule is COCCCNC(=O)CN1CCN(C(=O)c2ccc(OCc3c(C)noc3C)cc2)CC1. The summed E-state index contributed by atoms with van der Waals surface area (Å²) < 4.78 is 15.9. The number of aryl methyl sites for hydroxylation is 2. The first kappa shape index (κ1) is 23.7. The van der Waals surface area contributed by atoms with Gasteiger partial charge in [-0.1, -0.05) is 5.16 Å². The Morgan fingerprint density at radius 2 is 1.84 bits per heavy atom. The molecule has 0 radical (unpaired) electrons. The molecule has 9 heteroatoms. The van der Waals surface area contributed by atoms with E-state index < -0.39 is 0 Å². The number of methoxy groups -OCH3 is 1. The number of nitrogens with zero attached hydrogens (tertiary/aromatic N) is 3. The summed E-state index contributed by atoms with van der Waals surface area (Å²) in [6.45, 7) is 8.26. The predicted octanol–water partition coefficient (Wildman–Crippen LogP) is 1.78. The lowest BCUT2D eigenvalue weighted by molar-refractivity contribution is -0.122. The Kier molecular flexibility index (Phi) is 8.64. The number of hydrogen-bond acceptors (Lipinski definition) is 7. The first-order valence-corrected chi connectivity index (χ1v) is 10.9. The van der Waals surface area contributed by atoms with E-state index in [4.69, 9.17) is 14.0 Å². The number of nitrogens with one attached hydrogen (secondary N) is 1. The molecule has 2 amide bonds. The molecular formula is C23H32N4O5. The smallest absolute Gasteiger partial charge is 0.253 e.